The highest BCUT2D eigenvalue weighted by Gasteiger charge is 2.15. The number of fused-ring (bicyclic) bond motifs is 1. The van der Waals surface area contributed by atoms with Gasteiger partial charge in [0, 0.05) is 25.1 Å². The summed E-state index contributed by atoms with van der Waals surface area (Å²) in [6.45, 7) is 1.16. The van der Waals surface area contributed by atoms with Gasteiger partial charge in [-0.05, 0) is 23.6 Å². The van der Waals surface area contributed by atoms with E-state index in [0.29, 0.717) is 29.4 Å². The van der Waals surface area contributed by atoms with Crippen molar-refractivity contribution in [1.82, 2.24) is 29.7 Å². The second kappa shape index (κ2) is 7.99. The Labute approximate surface area is 162 Å². The minimum Gasteiger partial charge on any atom is -0.383 e. The van der Waals surface area contributed by atoms with Crippen LogP contribution in [0.2, 0.25) is 0 Å². The van der Waals surface area contributed by atoms with Crippen molar-refractivity contribution in [3.8, 4) is 11.4 Å². The van der Waals surface area contributed by atoms with E-state index >= 15 is 0 Å². The fourth-order valence-corrected chi connectivity index (χ4v) is 4.18. The van der Waals surface area contributed by atoms with E-state index < -0.39 is 0 Å². The molecule has 0 unspecified atom stereocenters. The summed E-state index contributed by atoms with van der Waals surface area (Å²) in [6.07, 6.45) is 3.45. The molecule has 0 atom stereocenters. The Bertz CT molecular complexity index is 1110. The molecule has 1 N–H and O–H groups in total. The number of hydrogen-bond acceptors (Lipinski definition) is 8. The zero-order valence-electron chi connectivity index (χ0n) is 14.5. The molecule has 0 saturated carbocycles. The van der Waals surface area contributed by atoms with Crippen LogP contribution in [0.1, 0.15) is 5.82 Å². The standard InChI is InChI=1S/C17H16N6O2S2/c1-25-8-7-23-15(11-2-5-18-6-3-11)21-22-17(23)27-10-13-19-12-4-9-26-14(12)16(24)20-13/h2-6,9H,7-8,10H2,1H3,(H,19,20,24). The van der Waals surface area contributed by atoms with E-state index in [1.54, 1.807) is 19.5 Å². The molecule has 27 heavy (non-hydrogen) atoms. The van der Waals surface area contributed by atoms with E-state index in [9.17, 15) is 4.79 Å². The van der Waals surface area contributed by atoms with Crippen LogP contribution < -0.4 is 5.56 Å². The van der Waals surface area contributed by atoms with Gasteiger partial charge in [-0.2, -0.15) is 0 Å². The Balaban J connectivity index is 1.60. The summed E-state index contributed by atoms with van der Waals surface area (Å²) in [5.74, 6) is 1.86. The van der Waals surface area contributed by atoms with Crippen LogP contribution in [0, 0.1) is 0 Å². The average Bonchev–Trinajstić information content (AvgIpc) is 3.32. The molecule has 10 heteroatoms. The monoisotopic (exact) mass is 400 g/mol. The third kappa shape index (κ3) is 3.77. The predicted octanol–water partition coefficient (Wildman–Crippen LogP) is 2.58. The Hall–Kier alpha value is -2.56. The summed E-state index contributed by atoms with van der Waals surface area (Å²) in [7, 11) is 1.66. The summed E-state index contributed by atoms with van der Waals surface area (Å²) in [5.41, 5.74) is 1.55. The molecule has 0 aliphatic heterocycles. The molecule has 0 amide bonds. The number of rotatable bonds is 7. The zero-order chi connectivity index (χ0) is 18.6. The summed E-state index contributed by atoms with van der Waals surface area (Å²) in [4.78, 5) is 23.5. The second-order valence-electron chi connectivity index (χ2n) is 5.62. The molecule has 0 aliphatic carbocycles. The quantitative estimate of drug-likeness (QED) is 0.476. The number of ether oxygens (including phenoxy) is 1. The van der Waals surface area contributed by atoms with E-state index in [2.05, 4.69) is 25.1 Å². The molecular formula is C17H16N6O2S2. The molecule has 4 heterocycles. The van der Waals surface area contributed by atoms with Crippen LogP contribution in [-0.2, 0) is 17.0 Å². The van der Waals surface area contributed by atoms with Gasteiger partial charge in [-0.25, -0.2) is 4.98 Å². The van der Waals surface area contributed by atoms with Crippen molar-refractivity contribution in [2.24, 2.45) is 0 Å². The van der Waals surface area contributed by atoms with E-state index in [0.717, 1.165) is 22.1 Å². The molecule has 8 nitrogen and oxygen atoms in total. The number of nitrogens with zero attached hydrogens (tertiary/aromatic N) is 5. The zero-order valence-corrected chi connectivity index (χ0v) is 16.1. The first kappa shape index (κ1) is 17.8. The van der Waals surface area contributed by atoms with Crippen molar-refractivity contribution in [2.45, 2.75) is 17.5 Å². The number of aromatic nitrogens is 6. The van der Waals surface area contributed by atoms with Crippen LogP contribution in [0.15, 0.2) is 45.9 Å². The van der Waals surface area contributed by atoms with Crippen molar-refractivity contribution >= 4 is 33.3 Å². The number of nitrogens with one attached hydrogen (secondary N) is 1. The van der Waals surface area contributed by atoms with Gasteiger partial charge in [-0.15, -0.1) is 21.5 Å². The molecular weight excluding hydrogens is 384 g/mol. The van der Waals surface area contributed by atoms with Crippen molar-refractivity contribution in [3.63, 3.8) is 0 Å². The maximum absolute atomic E-state index is 12.1. The van der Waals surface area contributed by atoms with Crippen LogP contribution in [0.4, 0.5) is 0 Å². The number of H-pyrrole nitrogens is 1. The lowest BCUT2D eigenvalue weighted by molar-refractivity contribution is 0.185. The van der Waals surface area contributed by atoms with Gasteiger partial charge in [-0.3, -0.25) is 14.3 Å². The van der Waals surface area contributed by atoms with E-state index in [-0.39, 0.29) is 5.56 Å². The maximum atomic E-state index is 12.1. The predicted molar refractivity (Wildman–Crippen MR) is 105 cm³/mol. The number of aromatic amines is 1. The summed E-state index contributed by atoms with van der Waals surface area (Å²) in [5, 5.41) is 11.3. The highest BCUT2D eigenvalue weighted by molar-refractivity contribution is 7.98. The number of pyridine rings is 1. The second-order valence-corrected chi connectivity index (χ2v) is 7.48. The highest BCUT2D eigenvalue weighted by atomic mass is 32.2. The van der Waals surface area contributed by atoms with E-state index in [1.807, 2.05) is 28.1 Å². The van der Waals surface area contributed by atoms with Crippen molar-refractivity contribution in [2.75, 3.05) is 13.7 Å². The lowest BCUT2D eigenvalue weighted by Gasteiger charge is -2.09. The molecule has 0 radical (unpaired) electrons. The normalized spacial score (nSPS) is 11.3. The first-order chi connectivity index (χ1) is 13.3. The summed E-state index contributed by atoms with van der Waals surface area (Å²) in [6, 6.07) is 5.64. The minimum atomic E-state index is -0.107. The maximum Gasteiger partial charge on any atom is 0.268 e. The molecule has 0 bridgehead atoms. The Morgan fingerprint density at radius 1 is 1.26 bits per heavy atom. The first-order valence-corrected chi connectivity index (χ1v) is 10.0. The van der Waals surface area contributed by atoms with Gasteiger partial charge >= 0.3 is 0 Å². The Morgan fingerprint density at radius 2 is 2.11 bits per heavy atom. The third-order valence-corrected chi connectivity index (χ3v) is 5.76. The van der Waals surface area contributed by atoms with E-state index in [1.165, 1.54) is 23.1 Å². The average molecular weight is 400 g/mol. The lowest BCUT2D eigenvalue weighted by Crippen LogP contribution is -2.10. The molecule has 0 fully saturated rings. The topological polar surface area (TPSA) is 98.6 Å². The summed E-state index contributed by atoms with van der Waals surface area (Å²) >= 11 is 2.87. The van der Waals surface area contributed by atoms with Crippen LogP contribution in [0.25, 0.3) is 21.6 Å². The van der Waals surface area contributed by atoms with Crippen LogP contribution in [0.5, 0.6) is 0 Å². The van der Waals surface area contributed by atoms with Crippen molar-refractivity contribution in [3.05, 3.63) is 52.2 Å². The molecule has 138 valence electrons. The van der Waals surface area contributed by atoms with Gasteiger partial charge in [0.05, 0.1) is 24.4 Å². The fourth-order valence-electron chi connectivity index (χ4n) is 2.62. The van der Waals surface area contributed by atoms with Gasteiger partial charge in [0.2, 0.25) is 0 Å². The van der Waals surface area contributed by atoms with Crippen LogP contribution >= 0.6 is 23.1 Å². The van der Waals surface area contributed by atoms with Gasteiger partial charge in [-0.1, -0.05) is 11.8 Å². The van der Waals surface area contributed by atoms with Crippen LogP contribution in [0.3, 0.4) is 0 Å². The molecule has 4 aromatic heterocycles. The number of hydrogen-bond donors (Lipinski definition) is 1. The minimum absolute atomic E-state index is 0.107. The van der Waals surface area contributed by atoms with Gasteiger partial charge < -0.3 is 9.72 Å². The molecule has 0 aliphatic rings. The van der Waals surface area contributed by atoms with Crippen molar-refractivity contribution in [1.29, 1.82) is 0 Å². The highest BCUT2D eigenvalue weighted by Crippen LogP contribution is 2.25. The van der Waals surface area contributed by atoms with Crippen LogP contribution in [-0.4, -0.2) is 43.4 Å². The Kier molecular flexibility index (Phi) is 5.28. The molecule has 0 saturated heterocycles. The third-order valence-electron chi connectivity index (χ3n) is 3.88. The lowest BCUT2D eigenvalue weighted by atomic mass is 10.2. The Morgan fingerprint density at radius 3 is 2.93 bits per heavy atom. The first-order valence-electron chi connectivity index (χ1n) is 8.18. The molecule has 0 aromatic carbocycles. The number of thiophene rings is 1. The van der Waals surface area contributed by atoms with Gasteiger partial charge in [0.1, 0.15) is 10.5 Å². The largest absolute Gasteiger partial charge is 0.383 e. The van der Waals surface area contributed by atoms with Crippen molar-refractivity contribution < 1.29 is 4.74 Å². The summed E-state index contributed by atoms with van der Waals surface area (Å²) < 4.78 is 7.87. The fraction of sp³-hybridized carbons (Fsp3) is 0.235. The SMILES string of the molecule is COCCn1c(SCc2nc3ccsc3c(=O)[nH]2)nnc1-c1ccncc1. The van der Waals surface area contributed by atoms with Gasteiger partial charge in [0.15, 0.2) is 11.0 Å². The molecule has 0 spiro atoms. The van der Waals surface area contributed by atoms with E-state index in [4.69, 9.17) is 4.74 Å². The smallest absolute Gasteiger partial charge is 0.268 e. The molecule has 4 rings (SSSR count). The molecule has 4 aromatic rings. The number of thioether (sulfide) groups is 1. The van der Waals surface area contributed by atoms with Gasteiger partial charge in [0.25, 0.3) is 5.56 Å². The number of methoxy groups -OCH3 is 1.